The van der Waals surface area contributed by atoms with Crippen LogP contribution in [-0.2, 0) is 0 Å². The topological polar surface area (TPSA) is 68.9 Å². The highest BCUT2D eigenvalue weighted by Crippen LogP contribution is 2.29. The third-order valence-electron chi connectivity index (χ3n) is 1.85. The standard InChI is InChI=1S/C9H7BrN2O2/c10-5-1-2-6(8(13)3-5)7-4-9(14)12-11-7/h1-4,13H,(H2,11,12,14). The SMILES string of the molecule is O=c1cc(-c2ccc(Br)cc2O)[nH][nH]1. The summed E-state index contributed by atoms with van der Waals surface area (Å²) in [5, 5.41) is 14.7. The lowest BCUT2D eigenvalue weighted by molar-refractivity contribution is 0.476. The summed E-state index contributed by atoms with van der Waals surface area (Å²) in [6.07, 6.45) is 0. The fourth-order valence-electron chi connectivity index (χ4n) is 1.21. The molecule has 14 heavy (non-hydrogen) atoms. The maximum Gasteiger partial charge on any atom is 0.264 e. The van der Waals surface area contributed by atoms with E-state index in [1.54, 1.807) is 18.2 Å². The van der Waals surface area contributed by atoms with Crippen molar-refractivity contribution in [1.29, 1.82) is 0 Å². The molecule has 1 aromatic heterocycles. The number of phenolic OH excluding ortho intramolecular Hbond substituents is 1. The molecule has 5 heteroatoms. The van der Waals surface area contributed by atoms with Gasteiger partial charge in [-0.2, -0.15) is 0 Å². The number of aromatic amines is 2. The molecular formula is C9H7BrN2O2. The van der Waals surface area contributed by atoms with E-state index in [2.05, 4.69) is 26.1 Å². The smallest absolute Gasteiger partial charge is 0.264 e. The number of hydrogen-bond donors (Lipinski definition) is 3. The van der Waals surface area contributed by atoms with Crippen LogP contribution in [0.2, 0.25) is 0 Å². The van der Waals surface area contributed by atoms with E-state index >= 15 is 0 Å². The molecule has 0 bridgehead atoms. The third kappa shape index (κ3) is 1.58. The largest absolute Gasteiger partial charge is 0.507 e. The minimum Gasteiger partial charge on any atom is -0.507 e. The van der Waals surface area contributed by atoms with Gasteiger partial charge in [-0.3, -0.25) is 15.0 Å². The maximum atomic E-state index is 10.9. The molecule has 0 atom stereocenters. The molecule has 0 radical (unpaired) electrons. The number of benzene rings is 1. The Labute approximate surface area is 87.7 Å². The first-order chi connectivity index (χ1) is 6.66. The second-order valence-corrected chi connectivity index (χ2v) is 3.75. The highest BCUT2D eigenvalue weighted by Gasteiger charge is 2.06. The predicted octanol–water partition coefficient (Wildman–Crippen LogP) is 1.84. The molecule has 0 aliphatic carbocycles. The van der Waals surface area contributed by atoms with E-state index in [1.165, 1.54) is 6.07 Å². The minimum atomic E-state index is -0.220. The van der Waals surface area contributed by atoms with Crippen molar-refractivity contribution in [2.24, 2.45) is 0 Å². The van der Waals surface area contributed by atoms with Gasteiger partial charge in [0, 0.05) is 16.1 Å². The molecule has 0 unspecified atom stereocenters. The van der Waals surface area contributed by atoms with Gasteiger partial charge in [-0.05, 0) is 18.2 Å². The monoisotopic (exact) mass is 254 g/mol. The van der Waals surface area contributed by atoms with E-state index in [9.17, 15) is 9.90 Å². The van der Waals surface area contributed by atoms with Crippen molar-refractivity contribution in [3.05, 3.63) is 39.1 Å². The minimum absolute atomic E-state index is 0.120. The molecule has 0 aliphatic rings. The number of rotatable bonds is 1. The number of nitrogens with one attached hydrogen (secondary N) is 2. The van der Waals surface area contributed by atoms with Gasteiger partial charge in [0.2, 0.25) is 0 Å². The summed E-state index contributed by atoms with van der Waals surface area (Å²) in [5.74, 6) is 0.120. The Bertz CT molecular complexity index is 516. The lowest BCUT2D eigenvalue weighted by Gasteiger charge is -2.01. The van der Waals surface area contributed by atoms with Crippen LogP contribution < -0.4 is 5.56 Å². The molecule has 0 fully saturated rings. The summed E-state index contributed by atoms with van der Waals surface area (Å²) >= 11 is 3.23. The van der Waals surface area contributed by atoms with Crippen molar-refractivity contribution >= 4 is 15.9 Å². The van der Waals surface area contributed by atoms with E-state index in [0.717, 1.165) is 4.47 Å². The predicted molar refractivity (Wildman–Crippen MR) is 56.2 cm³/mol. The summed E-state index contributed by atoms with van der Waals surface area (Å²) in [4.78, 5) is 10.9. The molecule has 3 N–H and O–H groups in total. The van der Waals surface area contributed by atoms with E-state index in [4.69, 9.17) is 0 Å². The van der Waals surface area contributed by atoms with Gasteiger partial charge in [0.25, 0.3) is 5.56 Å². The normalized spacial score (nSPS) is 10.4. The lowest BCUT2D eigenvalue weighted by Crippen LogP contribution is -1.93. The summed E-state index contributed by atoms with van der Waals surface area (Å²) in [5.41, 5.74) is 0.939. The fourth-order valence-corrected chi connectivity index (χ4v) is 1.56. The summed E-state index contributed by atoms with van der Waals surface area (Å²) in [6, 6.07) is 6.47. The van der Waals surface area contributed by atoms with Crippen molar-refractivity contribution in [2.75, 3.05) is 0 Å². The van der Waals surface area contributed by atoms with Gasteiger partial charge in [-0.25, -0.2) is 0 Å². The molecule has 0 saturated heterocycles. The van der Waals surface area contributed by atoms with Crippen molar-refractivity contribution in [3.63, 3.8) is 0 Å². The van der Waals surface area contributed by atoms with Crippen molar-refractivity contribution in [1.82, 2.24) is 10.2 Å². The molecule has 0 saturated carbocycles. The number of phenols is 1. The van der Waals surface area contributed by atoms with Gasteiger partial charge in [0.15, 0.2) is 0 Å². The van der Waals surface area contributed by atoms with Crippen LogP contribution in [0.1, 0.15) is 0 Å². The summed E-state index contributed by atoms with van der Waals surface area (Å²) < 4.78 is 0.789. The van der Waals surface area contributed by atoms with E-state index in [1.807, 2.05) is 0 Å². The Balaban J connectivity index is 2.57. The molecule has 4 nitrogen and oxygen atoms in total. The number of H-pyrrole nitrogens is 2. The fraction of sp³-hybridized carbons (Fsp3) is 0. The molecular weight excluding hydrogens is 248 g/mol. The van der Waals surface area contributed by atoms with E-state index in [0.29, 0.717) is 11.3 Å². The van der Waals surface area contributed by atoms with Gasteiger partial charge in [-0.1, -0.05) is 15.9 Å². The van der Waals surface area contributed by atoms with Crippen LogP contribution in [0, 0.1) is 0 Å². The van der Waals surface area contributed by atoms with Crippen LogP contribution in [0.15, 0.2) is 33.5 Å². The van der Waals surface area contributed by atoms with E-state index < -0.39 is 0 Å². The first kappa shape index (κ1) is 9.08. The highest BCUT2D eigenvalue weighted by molar-refractivity contribution is 9.10. The third-order valence-corrected chi connectivity index (χ3v) is 2.34. The average Bonchev–Trinajstić information content (AvgIpc) is 2.51. The first-order valence-corrected chi connectivity index (χ1v) is 4.73. The van der Waals surface area contributed by atoms with Crippen molar-refractivity contribution < 1.29 is 5.11 Å². The Morgan fingerprint density at radius 2 is 2.00 bits per heavy atom. The molecule has 0 spiro atoms. The van der Waals surface area contributed by atoms with E-state index in [-0.39, 0.29) is 11.3 Å². The number of aromatic nitrogens is 2. The van der Waals surface area contributed by atoms with Gasteiger partial charge in [0.05, 0.1) is 5.69 Å². The summed E-state index contributed by atoms with van der Waals surface area (Å²) in [6.45, 7) is 0. The Morgan fingerprint density at radius 3 is 2.57 bits per heavy atom. The second-order valence-electron chi connectivity index (χ2n) is 2.83. The number of halogens is 1. The summed E-state index contributed by atoms with van der Waals surface area (Å²) in [7, 11) is 0. The van der Waals surface area contributed by atoms with Crippen molar-refractivity contribution in [3.8, 4) is 17.0 Å². The molecule has 2 aromatic rings. The Hall–Kier alpha value is -1.49. The van der Waals surface area contributed by atoms with Gasteiger partial charge >= 0.3 is 0 Å². The molecule has 72 valence electrons. The second kappa shape index (κ2) is 3.34. The number of aromatic hydroxyl groups is 1. The zero-order chi connectivity index (χ0) is 10.1. The Kier molecular flexibility index (Phi) is 2.17. The molecule has 1 heterocycles. The molecule has 2 rings (SSSR count). The van der Waals surface area contributed by atoms with Crippen LogP contribution in [0.3, 0.4) is 0 Å². The highest BCUT2D eigenvalue weighted by atomic mass is 79.9. The van der Waals surface area contributed by atoms with Crippen LogP contribution in [0.4, 0.5) is 0 Å². The quantitative estimate of drug-likeness (QED) is 0.727. The van der Waals surface area contributed by atoms with Crippen LogP contribution in [0.5, 0.6) is 5.75 Å². The zero-order valence-corrected chi connectivity index (χ0v) is 8.63. The maximum absolute atomic E-state index is 10.9. The number of hydrogen-bond acceptors (Lipinski definition) is 2. The van der Waals surface area contributed by atoms with Crippen LogP contribution in [-0.4, -0.2) is 15.3 Å². The lowest BCUT2D eigenvalue weighted by atomic mass is 10.1. The first-order valence-electron chi connectivity index (χ1n) is 3.93. The zero-order valence-electron chi connectivity index (χ0n) is 7.04. The van der Waals surface area contributed by atoms with Gasteiger partial charge in [-0.15, -0.1) is 0 Å². The van der Waals surface area contributed by atoms with Crippen LogP contribution >= 0.6 is 15.9 Å². The molecule has 0 amide bonds. The molecule has 1 aromatic carbocycles. The average molecular weight is 255 g/mol. The van der Waals surface area contributed by atoms with Crippen LogP contribution in [0.25, 0.3) is 11.3 Å². The van der Waals surface area contributed by atoms with Crippen molar-refractivity contribution in [2.45, 2.75) is 0 Å². The van der Waals surface area contributed by atoms with Gasteiger partial charge in [0.1, 0.15) is 5.75 Å². The Morgan fingerprint density at radius 1 is 1.21 bits per heavy atom. The molecule has 0 aliphatic heterocycles. The van der Waals surface area contributed by atoms with Gasteiger partial charge < -0.3 is 5.11 Å².